The Kier molecular flexibility index (Phi) is 3.93. The summed E-state index contributed by atoms with van der Waals surface area (Å²) < 4.78 is 0. The standard InChI is InChI=1S/C15H26N2/c1-5-9-17-12(6-2)10-14-13(7-8-16-14)15(17)11(3)4/h7-8,11-12,15-16H,5-6,9-10H2,1-4H3. The summed E-state index contributed by atoms with van der Waals surface area (Å²) in [6, 6.07) is 3.61. The molecule has 0 saturated heterocycles. The fourth-order valence-corrected chi connectivity index (χ4v) is 3.33. The highest BCUT2D eigenvalue weighted by Crippen LogP contribution is 2.38. The first kappa shape index (κ1) is 12.7. The summed E-state index contributed by atoms with van der Waals surface area (Å²) in [5.41, 5.74) is 3.01. The Balaban J connectivity index is 2.34. The van der Waals surface area contributed by atoms with Gasteiger partial charge in [0, 0.05) is 30.4 Å². The van der Waals surface area contributed by atoms with E-state index in [0.717, 1.165) is 0 Å². The summed E-state index contributed by atoms with van der Waals surface area (Å²) in [4.78, 5) is 6.18. The van der Waals surface area contributed by atoms with Crippen molar-refractivity contribution < 1.29 is 0 Å². The lowest BCUT2D eigenvalue weighted by atomic mass is 9.86. The van der Waals surface area contributed by atoms with Crippen LogP contribution >= 0.6 is 0 Å². The van der Waals surface area contributed by atoms with Crippen LogP contribution in [0.15, 0.2) is 12.3 Å². The Hall–Kier alpha value is -0.760. The quantitative estimate of drug-likeness (QED) is 0.840. The smallest absolute Gasteiger partial charge is 0.0391 e. The predicted molar refractivity (Wildman–Crippen MR) is 73.2 cm³/mol. The average Bonchev–Trinajstić information content (AvgIpc) is 2.75. The largest absolute Gasteiger partial charge is 0.365 e. The number of fused-ring (bicyclic) bond motifs is 1. The van der Waals surface area contributed by atoms with E-state index in [2.05, 4.69) is 49.8 Å². The minimum Gasteiger partial charge on any atom is -0.365 e. The molecular weight excluding hydrogens is 208 g/mol. The molecule has 1 aromatic heterocycles. The van der Waals surface area contributed by atoms with Gasteiger partial charge in [0.05, 0.1) is 0 Å². The predicted octanol–water partition coefficient (Wildman–Crippen LogP) is 3.76. The van der Waals surface area contributed by atoms with Gasteiger partial charge in [0.2, 0.25) is 0 Å². The van der Waals surface area contributed by atoms with Gasteiger partial charge in [-0.1, -0.05) is 27.7 Å². The number of hydrogen-bond donors (Lipinski definition) is 1. The first-order chi connectivity index (χ1) is 8.19. The van der Waals surface area contributed by atoms with Crippen molar-refractivity contribution in [3.63, 3.8) is 0 Å². The van der Waals surface area contributed by atoms with E-state index in [9.17, 15) is 0 Å². The van der Waals surface area contributed by atoms with Crippen LogP contribution in [0, 0.1) is 5.92 Å². The van der Waals surface area contributed by atoms with Gasteiger partial charge < -0.3 is 4.98 Å². The molecular formula is C15H26N2. The fourth-order valence-electron chi connectivity index (χ4n) is 3.33. The van der Waals surface area contributed by atoms with Crippen molar-refractivity contribution in [2.24, 2.45) is 5.92 Å². The molecule has 2 heterocycles. The van der Waals surface area contributed by atoms with Crippen molar-refractivity contribution in [1.29, 1.82) is 0 Å². The highest BCUT2D eigenvalue weighted by atomic mass is 15.2. The molecule has 0 spiro atoms. The highest BCUT2D eigenvalue weighted by Gasteiger charge is 2.34. The zero-order chi connectivity index (χ0) is 12.4. The maximum absolute atomic E-state index is 3.44. The van der Waals surface area contributed by atoms with Gasteiger partial charge in [-0.15, -0.1) is 0 Å². The maximum atomic E-state index is 3.44. The van der Waals surface area contributed by atoms with Crippen molar-refractivity contribution in [3.05, 3.63) is 23.5 Å². The molecule has 0 amide bonds. The molecule has 96 valence electrons. The van der Waals surface area contributed by atoms with Crippen LogP contribution in [-0.4, -0.2) is 22.5 Å². The normalized spacial score (nSPS) is 25.2. The molecule has 2 rings (SSSR count). The Morgan fingerprint density at radius 1 is 1.41 bits per heavy atom. The van der Waals surface area contributed by atoms with Gasteiger partial charge in [-0.2, -0.15) is 0 Å². The van der Waals surface area contributed by atoms with E-state index in [1.165, 1.54) is 37.1 Å². The zero-order valence-corrected chi connectivity index (χ0v) is 11.7. The second kappa shape index (κ2) is 5.26. The van der Waals surface area contributed by atoms with Crippen molar-refractivity contribution in [2.45, 2.75) is 59.0 Å². The van der Waals surface area contributed by atoms with Crippen LogP contribution in [-0.2, 0) is 6.42 Å². The number of H-pyrrole nitrogens is 1. The Bertz CT molecular complexity index is 354. The first-order valence-electron chi connectivity index (χ1n) is 7.10. The minimum absolute atomic E-state index is 0.606. The van der Waals surface area contributed by atoms with E-state index in [1.54, 1.807) is 0 Å². The Morgan fingerprint density at radius 3 is 2.76 bits per heavy atom. The third-order valence-electron chi connectivity index (χ3n) is 4.04. The molecule has 1 N–H and O–H groups in total. The molecule has 2 atom stereocenters. The molecule has 0 saturated carbocycles. The van der Waals surface area contributed by atoms with Gasteiger partial charge in [-0.05, 0) is 36.9 Å². The lowest BCUT2D eigenvalue weighted by molar-refractivity contribution is 0.0829. The number of rotatable bonds is 4. The average molecular weight is 234 g/mol. The van der Waals surface area contributed by atoms with Gasteiger partial charge in [0.1, 0.15) is 0 Å². The van der Waals surface area contributed by atoms with Crippen molar-refractivity contribution in [3.8, 4) is 0 Å². The first-order valence-corrected chi connectivity index (χ1v) is 7.10. The van der Waals surface area contributed by atoms with Crippen LogP contribution in [0.5, 0.6) is 0 Å². The molecule has 0 radical (unpaired) electrons. The summed E-state index contributed by atoms with van der Waals surface area (Å²) in [5, 5.41) is 0. The van der Waals surface area contributed by atoms with Crippen LogP contribution in [0.25, 0.3) is 0 Å². The lowest BCUT2D eigenvalue weighted by Crippen LogP contribution is -2.45. The van der Waals surface area contributed by atoms with E-state index in [-0.39, 0.29) is 0 Å². The van der Waals surface area contributed by atoms with Crippen LogP contribution in [0.2, 0.25) is 0 Å². The molecule has 0 aromatic carbocycles. The Labute approximate surface area is 105 Å². The van der Waals surface area contributed by atoms with Crippen LogP contribution in [0.4, 0.5) is 0 Å². The van der Waals surface area contributed by atoms with E-state index >= 15 is 0 Å². The zero-order valence-electron chi connectivity index (χ0n) is 11.7. The van der Waals surface area contributed by atoms with Crippen molar-refractivity contribution in [2.75, 3.05) is 6.54 Å². The van der Waals surface area contributed by atoms with Gasteiger partial charge in [-0.3, -0.25) is 4.90 Å². The SMILES string of the molecule is CCCN1C(CC)Cc2[nH]ccc2C1C(C)C. The molecule has 1 aromatic rings. The summed E-state index contributed by atoms with van der Waals surface area (Å²) in [6.07, 6.45) is 5.81. The summed E-state index contributed by atoms with van der Waals surface area (Å²) in [5.74, 6) is 0.686. The summed E-state index contributed by atoms with van der Waals surface area (Å²) in [7, 11) is 0. The molecule has 1 aliphatic rings. The van der Waals surface area contributed by atoms with E-state index < -0.39 is 0 Å². The fraction of sp³-hybridized carbons (Fsp3) is 0.733. The van der Waals surface area contributed by atoms with Crippen molar-refractivity contribution >= 4 is 0 Å². The molecule has 0 aliphatic carbocycles. The molecule has 2 unspecified atom stereocenters. The van der Waals surface area contributed by atoms with E-state index in [1.807, 2.05) is 0 Å². The molecule has 2 nitrogen and oxygen atoms in total. The van der Waals surface area contributed by atoms with Crippen LogP contribution in [0.1, 0.15) is 57.8 Å². The van der Waals surface area contributed by atoms with Crippen molar-refractivity contribution in [1.82, 2.24) is 9.88 Å². The monoisotopic (exact) mass is 234 g/mol. The van der Waals surface area contributed by atoms with Crippen LogP contribution < -0.4 is 0 Å². The second-order valence-electron chi connectivity index (χ2n) is 5.60. The molecule has 17 heavy (non-hydrogen) atoms. The van der Waals surface area contributed by atoms with Gasteiger partial charge >= 0.3 is 0 Å². The van der Waals surface area contributed by atoms with E-state index in [0.29, 0.717) is 18.0 Å². The van der Waals surface area contributed by atoms with Gasteiger partial charge in [0.15, 0.2) is 0 Å². The number of hydrogen-bond acceptors (Lipinski definition) is 1. The maximum Gasteiger partial charge on any atom is 0.0391 e. The minimum atomic E-state index is 0.606. The number of nitrogens with one attached hydrogen (secondary N) is 1. The number of aromatic nitrogens is 1. The summed E-state index contributed by atoms with van der Waals surface area (Å²) in [6.45, 7) is 10.5. The third kappa shape index (κ3) is 2.28. The van der Waals surface area contributed by atoms with Crippen LogP contribution in [0.3, 0.4) is 0 Å². The molecule has 2 heteroatoms. The van der Waals surface area contributed by atoms with E-state index in [4.69, 9.17) is 0 Å². The molecule has 0 fully saturated rings. The molecule has 0 bridgehead atoms. The second-order valence-corrected chi connectivity index (χ2v) is 5.60. The molecule has 1 aliphatic heterocycles. The Morgan fingerprint density at radius 2 is 2.18 bits per heavy atom. The topological polar surface area (TPSA) is 19.0 Å². The van der Waals surface area contributed by atoms with Gasteiger partial charge in [-0.25, -0.2) is 0 Å². The highest BCUT2D eigenvalue weighted by molar-refractivity contribution is 5.29. The third-order valence-corrected chi connectivity index (χ3v) is 4.04. The number of nitrogens with zero attached hydrogens (tertiary/aromatic N) is 1. The van der Waals surface area contributed by atoms with Gasteiger partial charge in [0.25, 0.3) is 0 Å². The number of aromatic amines is 1. The lowest BCUT2D eigenvalue weighted by Gasteiger charge is -2.44. The summed E-state index contributed by atoms with van der Waals surface area (Å²) >= 11 is 0.